The standard InChI is InChI=1S/C17H15Br3N2O4/c1-2-25-12-4-3-10(15(23)7-12)8-21-22-16(24)9-26-17-13(19)5-11(18)6-14(17)20/h3-8,23H,2,9H2,1H3,(H,22,24)/b21-8+. The maximum Gasteiger partial charge on any atom is 0.277 e. The quantitative estimate of drug-likeness (QED) is 0.390. The molecule has 0 spiro atoms. The second-order valence-electron chi connectivity index (χ2n) is 4.93. The summed E-state index contributed by atoms with van der Waals surface area (Å²) in [6.45, 7) is 2.15. The van der Waals surface area contributed by atoms with E-state index in [1.165, 1.54) is 12.3 Å². The molecule has 0 aromatic heterocycles. The Morgan fingerprint density at radius 3 is 2.50 bits per heavy atom. The Bertz CT molecular complexity index is 805. The van der Waals surface area contributed by atoms with Crippen LogP contribution in [0.5, 0.6) is 17.2 Å². The molecule has 0 aliphatic carbocycles. The van der Waals surface area contributed by atoms with Crippen molar-refractivity contribution >= 4 is 59.9 Å². The molecule has 0 saturated heterocycles. The van der Waals surface area contributed by atoms with E-state index in [0.717, 1.165) is 4.47 Å². The second kappa shape index (κ2) is 9.94. The highest BCUT2D eigenvalue weighted by molar-refractivity contribution is 9.11. The molecular formula is C17H15Br3N2O4. The van der Waals surface area contributed by atoms with Gasteiger partial charge in [0.1, 0.15) is 17.2 Å². The lowest BCUT2D eigenvalue weighted by Gasteiger charge is -2.10. The average molecular weight is 551 g/mol. The van der Waals surface area contributed by atoms with Crippen LogP contribution in [-0.2, 0) is 4.79 Å². The Balaban J connectivity index is 1.90. The van der Waals surface area contributed by atoms with Gasteiger partial charge in [0.15, 0.2) is 6.61 Å². The minimum Gasteiger partial charge on any atom is -0.507 e. The number of nitrogens with one attached hydrogen (secondary N) is 1. The first-order valence-corrected chi connectivity index (χ1v) is 9.83. The van der Waals surface area contributed by atoms with Gasteiger partial charge in [-0.15, -0.1) is 0 Å². The number of halogens is 3. The summed E-state index contributed by atoms with van der Waals surface area (Å²) in [4.78, 5) is 11.8. The van der Waals surface area contributed by atoms with E-state index in [-0.39, 0.29) is 12.4 Å². The van der Waals surface area contributed by atoms with Gasteiger partial charge in [-0.3, -0.25) is 4.79 Å². The molecule has 2 aromatic carbocycles. The first kappa shape index (κ1) is 20.7. The van der Waals surface area contributed by atoms with Crippen LogP contribution in [0.15, 0.2) is 48.9 Å². The highest BCUT2D eigenvalue weighted by Gasteiger charge is 2.10. The molecule has 138 valence electrons. The average Bonchev–Trinajstić information content (AvgIpc) is 2.56. The van der Waals surface area contributed by atoms with Crippen LogP contribution in [0.2, 0.25) is 0 Å². The summed E-state index contributed by atoms with van der Waals surface area (Å²) in [5, 5.41) is 13.7. The summed E-state index contributed by atoms with van der Waals surface area (Å²) in [6, 6.07) is 8.45. The van der Waals surface area contributed by atoms with Crippen LogP contribution in [0, 0.1) is 0 Å². The van der Waals surface area contributed by atoms with Crippen LogP contribution >= 0.6 is 47.8 Å². The monoisotopic (exact) mass is 548 g/mol. The summed E-state index contributed by atoms with van der Waals surface area (Å²) in [6.07, 6.45) is 1.34. The Morgan fingerprint density at radius 2 is 1.88 bits per heavy atom. The van der Waals surface area contributed by atoms with Gasteiger partial charge in [0, 0.05) is 16.1 Å². The molecular weight excluding hydrogens is 536 g/mol. The third-order valence-electron chi connectivity index (χ3n) is 3.02. The molecule has 6 nitrogen and oxygen atoms in total. The lowest BCUT2D eigenvalue weighted by Crippen LogP contribution is -2.24. The Hall–Kier alpha value is -1.58. The highest BCUT2D eigenvalue weighted by Crippen LogP contribution is 2.36. The van der Waals surface area contributed by atoms with Gasteiger partial charge in [0.2, 0.25) is 0 Å². The van der Waals surface area contributed by atoms with Crippen molar-refractivity contribution in [2.24, 2.45) is 5.10 Å². The molecule has 1 amide bonds. The number of nitrogens with zero attached hydrogens (tertiary/aromatic N) is 1. The van der Waals surface area contributed by atoms with E-state index in [0.29, 0.717) is 32.6 Å². The molecule has 0 heterocycles. The fourth-order valence-corrected chi connectivity index (χ4v) is 4.39. The Labute approximate surface area is 176 Å². The van der Waals surface area contributed by atoms with Crippen LogP contribution in [0.25, 0.3) is 0 Å². The van der Waals surface area contributed by atoms with E-state index in [1.807, 2.05) is 19.1 Å². The summed E-state index contributed by atoms with van der Waals surface area (Å²) >= 11 is 10.1. The zero-order chi connectivity index (χ0) is 19.1. The molecule has 0 aliphatic rings. The third-order valence-corrected chi connectivity index (χ3v) is 4.65. The number of carbonyl (C=O) groups is 1. The lowest BCUT2D eigenvalue weighted by atomic mass is 10.2. The maximum absolute atomic E-state index is 11.8. The number of ether oxygens (including phenoxy) is 2. The summed E-state index contributed by atoms with van der Waals surface area (Å²) in [7, 11) is 0. The number of hydrogen-bond acceptors (Lipinski definition) is 5. The van der Waals surface area contributed by atoms with E-state index < -0.39 is 5.91 Å². The number of rotatable bonds is 7. The molecule has 0 aliphatic heterocycles. The predicted octanol–water partition coefficient (Wildman–Crippen LogP) is 4.61. The van der Waals surface area contributed by atoms with Crippen LogP contribution in [0.1, 0.15) is 12.5 Å². The zero-order valence-electron chi connectivity index (χ0n) is 13.6. The van der Waals surface area contributed by atoms with E-state index in [9.17, 15) is 9.90 Å². The van der Waals surface area contributed by atoms with Crippen LogP contribution in [-0.4, -0.2) is 30.4 Å². The molecule has 9 heteroatoms. The number of hydrazone groups is 1. The van der Waals surface area contributed by atoms with Gasteiger partial charge >= 0.3 is 0 Å². The molecule has 0 radical (unpaired) electrons. The molecule has 0 bridgehead atoms. The SMILES string of the molecule is CCOc1ccc(/C=N/NC(=O)COc2c(Br)cc(Br)cc2Br)c(O)c1. The third kappa shape index (κ3) is 6.00. The van der Waals surface area contributed by atoms with Gasteiger partial charge in [-0.2, -0.15) is 5.10 Å². The molecule has 0 saturated carbocycles. The molecule has 2 N–H and O–H groups in total. The summed E-state index contributed by atoms with van der Waals surface area (Å²) in [5.74, 6) is 0.642. The van der Waals surface area contributed by atoms with Gasteiger partial charge in [-0.25, -0.2) is 5.43 Å². The topological polar surface area (TPSA) is 80.2 Å². The normalized spacial score (nSPS) is 10.8. The van der Waals surface area contributed by atoms with Crippen molar-refractivity contribution in [3.8, 4) is 17.2 Å². The number of benzene rings is 2. The van der Waals surface area contributed by atoms with E-state index in [2.05, 4.69) is 58.3 Å². The lowest BCUT2D eigenvalue weighted by molar-refractivity contribution is -0.123. The van der Waals surface area contributed by atoms with Crippen molar-refractivity contribution < 1.29 is 19.4 Å². The summed E-state index contributed by atoms with van der Waals surface area (Å²) < 4.78 is 13.0. The maximum atomic E-state index is 11.8. The molecule has 0 atom stereocenters. The number of aromatic hydroxyl groups is 1. The zero-order valence-corrected chi connectivity index (χ0v) is 18.4. The smallest absolute Gasteiger partial charge is 0.277 e. The number of phenolic OH excluding ortho intramolecular Hbond substituents is 1. The van der Waals surface area contributed by atoms with Crippen LogP contribution < -0.4 is 14.9 Å². The predicted molar refractivity (Wildman–Crippen MR) is 110 cm³/mol. The number of hydrogen-bond donors (Lipinski definition) is 2. The first-order chi connectivity index (χ1) is 12.4. The van der Waals surface area contributed by atoms with Gasteiger partial charge in [-0.1, -0.05) is 15.9 Å². The van der Waals surface area contributed by atoms with Crippen molar-refractivity contribution in [1.82, 2.24) is 5.43 Å². The van der Waals surface area contributed by atoms with Crippen LogP contribution in [0.4, 0.5) is 0 Å². The Kier molecular flexibility index (Phi) is 7.92. The first-order valence-electron chi connectivity index (χ1n) is 7.45. The van der Waals surface area contributed by atoms with Crippen LogP contribution in [0.3, 0.4) is 0 Å². The van der Waals surface area contributed by atoms with Crippen molar-refractivity contribution in [1.29, 1.82) is 0 Å². The largest absolute Gasteiger partial charge is 0.507 e. The van der Waals surface area contributed by atoms with E-state index in [1.54, 1.807) is 12.1 Å². The minimum absolute atomic E-state index is 0.00734. The van der Waals surface area contributed by atoms with Gasteiger partial charge in [0.05, 0.1) is 21.8 Å². The van der Waals surface area contributed by atoms with Crippen molar-refractivity contribution in [3.05, 3.63) is 49.3 Å². The summed E-state index contributed by atoms with van der Waals surface area (Å²) in [5.41, 5.74) is 2.79. The fraction of sp³-hybridized carbons (Fsp3) is 0.176. The van der Waals surface area contributed by atoms with E-state index >= 15 is 0 Å². The molecule has 26 heavy (non-hydrogen) atoms. The molecule has 0 fully saturated rings. The molecule has 2 rings (SSSR count). The van der Waals surface area contributed by atoms with Gasteiger partial charge < -0.3 is 14.6 Å². The number of phenols is 1. The van der Waals surface area contributed by atoms with Gasteiger partial charge in [-0.05, 0) is 63.0 Å². The van der Waals surface area contributed by atoms with Crippen molar-refractivity contribution in [3.63, 3.8) is 0 Å². The molecule has 2 aromatic rings. The van der Waals surface area contributed by atoms with Gasteiger partial charge in [0.25, 0.3) is 5.91 Å². The minimum atomic E-state index is -0.437. The number of carbonyl (C=O) groups excluding carboxylic acids is 1. The van der Waals surface area contributed by atoms with Crippen molar-refractivity contribution in [2.45, 2.75) is 6.92 Å². The number of amides is 1. The molecule has 0 unspecified atom stereocenters. The highest BCUT2D eigenvalue weighted by atomic mass is 79.9. The Morgan fingerprint density at radius 1 is 1.19 bits per heavy atom. The second-order valence-corrected chi connectivity index (χ2v) is 7.56. The van der Waals surface area contributed by atoms with E-state index in [4.69, 9.17) is 9.47 Å². The van der Waals surface area contributed by atoms with Crippen molar-refractivity contribution in [2.75, 3.05) is 13.2 Å². The fourth-order valence-electron chi connectivity index (χ4n) is 1.90.